The van der Waals surface area contributed by atoms with Gasteiger partial charge in [0.1, 0.15) is 19.3 Å². The van der Waals surface area contributed by atoms with E-state index >= 15 is 0 Å². The van der Waals surface area contributed by atoms with Crippen molar-refractivity contribution < 1.29 is 19.0 Å². The van der Waals surface area contributed by atoms with E-state index in [1.54, 1.807) is 0 Å². The van der Waals surface area contributed by atoms with Crippen molar-refractivity contribution in [3.8, 4) is 11.5 Å². The van der Waals surface area contributed by atoms with E-state index in [1.807, 2.05) is 32.0 Å². The zero-order chi connectivity index (χ0) is 14.5. The van der Waals surface area contributed by atoms with Gasteiger partial charge in [-0.3, -0.25) is 10.1 Å². The highest BCUT2D eigenvalue weighted by atomic mass is 16.6. The number of esters is 1. The Morgan fingerprint density at radius 3 is 2.70 bits per heavy atom. The standard InChI is InChI=1S/C15H21NO4/c1-4-12(15(17)18-3)16-10(2)11-5-6-13-14(9-11)20-8-7-19-13/h5-6,9-10,12,16H,4,7-8H2,1-3H3. The first-order chi connectivity index (χ1) is 9.65. The van der Waals surface area contributed by atoms with Gasteiger partial charge in [0, 0.05) is 6.04 Å². The molecule has 0 bridgehead atoms. The molecule has 110 valence electrons. The van der Waals surface area contributed by atoms with Crippen LogP contribution in [0.4, 0.5) is 0 Å². The third-order valence-electron chi connectivity index (χ3n) is 3.41. The third-order valence-corrected chi connectivity index (χ3v) is 3.41. The summed E-state index contributed by atoms with van der Waals surface area (Å²) in [6.45, 7) is 5.11. The van der Waals surface area contributed by atoms with E-state index in [9.17, 15) is 4.79 Å². The Labute approximate surface area is 119 Å². The Kier molecular flexibility index (Phi) is 4.84. The van der Waals surface area contributed by atoms with Gasteiger partial charge >= 0.3 is 5.97 Å². The summed E-state index contributed by atoms with van der Waals surface area (Å²) in [4.78, 5) is 11.6. The van der Waals surface area contributed by atoms with Gasteiger partial charge in [-0.25, -0.2) is 0 Å². The molecule has 1 N–H and O–H groups in total. The summed E-state index contributed by atoms with van der Waals surface area (Å²) in [5.74, 6) is 1.29. The second-order valence-electron chi connectivity index (χ2n) is 4.78. The van der Waals surface area contributed by atoms with Crippen molar-refractivity contribution in [2.45, 2.75) is 32.4 Å². The van der Waals surface area contributed by atoms with Crippen molar-refractivity contribution >= 4 is 5.97 Å². The van der Waals surface area contributed by atoms with Crippen molar-refractivity contribution in [3.63, 3.8) is 0 Å². The minimum atomic E-state index is -0.303. The van der Waals surface area contributed by atoms with Crippen LogP contribution in [-0.2, 0) is 9.53 Å². The van der Waals surface area contributed by atoms with Crippen LogP contribution in [0.3, 0.4) is 0 Å². The maximum absolute atomic E-state index is 11.6. The average molecular weight is 279 g/mol. The first-order valence-corrected chi connectivity index (χ1v) is 6.89. The van der Waals surface area contributed by atoms with Crippen LogP contribution in [0, 0.1) is 0 Å². The first kappa shape index (κ1) is 14.7. The van der Waals surface area contributed by atoms with Crippen LogP contribution < -0.4 is 14.8 Å². The molecule has 1 aliphatic heterocycles. The van der Waals surface area contributed by atoms with E-state index in [-0.39, 0.29) is 18.1 Å². The molecule has 5 nitrogen and oxygen atoms in total. The number of hydrogen-bond donors (Lipinski definition) is 1. The summed E-state index contributed by atoms with van der Waals surface area (Å²) in [6.07, 6.45) is 0.682. The quantitative estimate of drug-likeness (QED) is 0.836. The van der Waals surface area contributed by atoms with Crippen molar-refractivity contribution in [1.82, 2.24) is 5.32 Å². The SMILES string of the molecule is CCC(NC(C)c1ccc2c(c1)OCCO2)C(=O)OC. The van der Waals surface area contributed by atoms with Crippen molar-refractivity contribution in [1.29, 1.82) is 0 Å². The molecule has 0 spiro atoms. The molecular formula is C15H21NO4. The van der Waals surface area contributed by atoms with Gasteiger partial charge in [0.2, 0.25) is 0 Å². The predicted octanol–water partition coefficient (Wildman–Crippen LogP) is 2.06. The van der Waals surface area contributed by atoms with Crippen LogP contribution in [0.15, 0.2) is 18.2 Å². The number of ether oxygens (including phenoxy) is 3. The van der Waals surface area contributed by atoms with Crippen LogP contribution >= 0.6 is 0 Å². The number of nitrogens with one attached hydrogen (secondary N) is 1. The molecule has 1 aliphatic rings. The third kappa shape index (κ3) is 3.22. The predicted molar refractivity (Wildman–Crippen MR) is 75.1 cm³/mol. The zero-order valence-electron chi connectivity index (χ0n) is 12.1. The number of rotatable bonds is 5. The number of carbonyl (C=O) groups is 1. The molecule has 0 saturated carbocycles. The number of benzene rings is 1. The van der Waals surface area contributed by atoms with Gasteiger partial charge in [0.05, 0.1) is 7.11 Å². The van der Waals surface area contributed by atoms with Gasteiger partial charge in [0.25, 0.3) is 0 Å². The molecule has 2 unspecified atom stereocenters. The van der Waals surface area contributed by atoms with E-state index < -0.39 is 0 Å². The summed E-state index contributed by atoms with van der Waals surface area (Å²) >= 11 is 0. The number of methoxy groups -OCH3 is 1. The molecule has 0 radical (unpaired) electrons. The molecular weight excluding hydrogens is 258 g/mol. The van der Waals surface area contributed by atoms with E-state index in [2.05, 4.69) is 5.32 Å². The fourth-order valence-electron chi connectivity index (χ4n) is 2.22. The fourth-order valence-corrected chi connectivity index (χ4v) is 2.22. The molecule has 0 saturated heterocycles. The minimum Gasteiger partial charge on any atom is -0.486 e. The summed E-state index contributed by atoms with van der Waals surface area (Å²) in [7, 11) is 1.40. The van der Waals surface area contributed by atoms with Gasteiger partial charge in [-0.1, -0.05) is 13.0 Å². The van der Waals surface area contributed by atoms with Gasteiger partial charge < -0.3 is 14.2 Å². The summed E-state index contributed by atoms with van der Waals surface area (Å²) in [6, 6.07) is 5.56. The zero-order valence-corrected chi connectivity index (χ0v) is 12.1. The maximum Gasteiger partial charge on any atom is 0.322 e. The van der Waals surface area contributed by atoms with Crippen molar-refractivity contribution in [2.24, 2.45) is 0 Å². The Morgan fingerprint density at radius 2 is 2.05 bits per heavy atom. The molecule has 1 aromatic carbocycles. The molecule has 2 rings (SSSR count). The number of carbonyl (C=O) groups excluding carboxylic acids is 1. The van der Waals surface area contributed by atoms with Crippen molar-refractivity contribution in [2.75, 3.05) is 20.3 Å². The summed E-state index contributed by atoms with van der Waals surface area (Å²) in [5.41, 5.74) is 1.05. The van der Waals surface area contributed by atoms with E-state index in [0.29, 0.717) is 19.6 Å². The molecule has 0 aliphatic carbocycles. The van der Waals surface area contributed by atoms with Gasteiger partial charge in [-0.05, 0) is 31.0 Å². The molecule has 0 amide bonds. The monoisotopic (exact) mass is 279 g/mol. The van der Waals surface area contributed by atoms with E-state index in [4.69, 9.17) is 14.2 Å². The van der Waals surface area contributed by atoms with Gasteiger partial charge in [-0.15, -0.1) is 0 Å². The van der Waals surface area contributed by atoms with Crippen LogP contribution in [-0.4, -0.2) is 32.3 Å². The highest BCUT2D eigenvalue weighted by Gasteiger charge is 2.21. The van der Waals surface area contributed by atoms with E-state index in [0.717, 1.165) is 17.1 Å². The lowest BCUT2D eigenvalue weighted by Crippen LogP contribution is -2.38. The fraction of sp³-hybridized carbons (Fsp3) is 0.533. The molecule has 1 heterocycles. The molecule has 0 aromatic heterocycles. The molecule has 5 heteroatoms. The number of hydrogen-bond acceptors (Lipinski definition) is 5. The molecule has 20 heavy (non-hydrogen) atoms. The topological polar surface area (TPSA) is 56.8 Å². The second-order valence-corrected chi connectivity index (χ2v) is 4.78. The molecule has 0 fully saturated rings. The van der Waals surface area contributed by atoms with Crippen LogP contribution in [0.5, 0.6) is 11.5 Å². The smallest absolute Gasteiger partial charge is 0.322 e. The van der Waals surface area contributed by atoms with Crippen LogP contribution in [0.25, 0.3) is 0 Å². The van der Waals surface area contributed by atoms with Crippen LogP contribution in [0.1, 0.15) is 31.9 Å². The van der Waals surface area contributed by atoms with Gasteiger partial charge in [0.15, 0.2) is 11.5 Å². The van der Waals surface area contributed by atoms with Crippen molar-refractivity contribution in [3.05, 3.63) is 23.8 Å². The average Bonchev–Trinajstić information content (AvgIpc) is 2.51. The van der Waals surface area contributed by atoms with Gasteiger partial charge in [-0.2, -0.15) is 0 Å². The largest absolute Gasteiger partial charge is 0.486 e. The highest BCUT2D eigenvalue weighted by Crippen LogP contribution is 2.32. The lowest BCUT2D eigenvalue weighted by Gasteiger charge is -2.23. The Bertz CT molecular complexity index is 475. The summed E-state index contributed by atoms with van der Waals surface area (Å²) in [5, 5.41) is 3.27. The first-order valence-electron chi connectivity index (χ1n) is 6.89. The Morgan fingerprint density at radius 1 is 1.35 bits per heavy atom. The molecule has 1 aromatic rings. The molecule has 2 atom stereocenters. The maximum atomic E-state index is 11.6. The van der Waals surface area contributed by atoms with Crippen LogP contribution in [0.2, 0.25) is 0 Å². The second kappa shape index (κ2) is 6.61. The lowest BCUT2D eigenvalue weighted by molar-refractivity contribution is -0.143. The highest BCUT2D eigenvalue weighted by molar-refractivity contribution is 5.75. The minimum absolute atomic E-state index is 0.0230. The normalized spacial score (nSPS) is 16.4. The Balaban J connectivity index is 2.08. The summed E-state index contributed by atoms with van der Waals surface area (Å²) < 4.78 is 15.9. The lowest BCUT2D eigenvalue weighted by atomic mass is 10.1. The number of fused-ring (bicyclic) bond motifs is 1. The van der Waals surface area contributed by atoms with E-state index in [1.165, 1.54) is 7.11 Å². The Hall–Kier alpha value is -1.75.